The molecule has 0 spiro atoms. The largest absolute Gasteiger partial charge is 0.354 e. The number of rotatable bonds is 4. The molecule has 1 saturated heterocycles. The Bertz CT molecular complexity index is 1040. The Kier molecular flexibility index (Phi) is 5.13. The zero-order chi connectivity index (χ0) is 21.7. The van der Waals surface area contributed by atoms with Crippen molar-refractivity contribution in [2.24, 2.45) is 0 Å². The van der Waals surface area contributed by atoms with Crippen LogP contribution < -0.4 is 4.90 Å². The minimum atomic E-state index is -0.780. The quantitative estimate of drug-likeness (QED) is 0.735. The van der Waals surface area contributed by atoms with Crippen molar-refractivity contribution in [1.29, 1.82) is 0 Å². The Hall–Kier alpha value is -2.47. The predicted molar refractivity (Wildman–Crippen MR) is 123 cm³/mol. The van der Waals surface area contributed by atoms with Gasteiger partial charge in [-0.05, 0) is 60.4 Å². The van der Waals surface area contributed by atoms with E-state index in [0.717, 1.165) is 36.8 Å². The Morgan fingerprint density at radius 1 is 1.00 bits per heavy atom. The highest BCUT2D eigenvalue weighted by Gasteiger charge is 2.31. The van der Waals surface area contributed by atoms with E-state index in [0.29, 0.717) is 38.2 Å². The van der Waals surface area contributed by atoms with Gasteiger partial charge in [0.25, 0.3) is 5.91 Å². The number of fused-ring (bicyclic) bond motifs is 2. The third-order valence-electron chi connectivity index (χ3n) is 7.88. The molecule has 1 atom stereocenters. The fourth-order valence-electron chi connectivity index (χ4n) is 5.71. The minimum Gasteiger partial charge on any atom is -0.354 e. The van der Waals surface area contributed by atoms with Crippen molar-refractivity contribution < 1.29 is 9.18 Å². The van der Waals surface area contributed by atoms with Crippen molar-refractivity contribution in [2.45, 2.75) is 63.8 Å². The van der Waals surface area contributed by atoms with Gasteiger partial charge < -0.3 is 9.80 Å². The van der Waals surface area contributed by atoms with Crippen molar-refractivity contribution in [1.82, 2.24) is 14.8 Å². The van der Waals surface area contributed by atoms with E-state index in [4.69, 9.17) is 0 Å². The van der Waals surface area contributed by atoms with Gasteiger partial charge in [-0.15, -0.1) is 0 Å². The molecule has 1 unspecified atom stereocenters. The van der Waals surface area contributed by atoms with E-state index in [9.17, 15) is 9.18 Å². The molecule has 1 saturated carbocycles. The lowest BCUT2D eigenvalue weighted by Crippen LogP contribution is -2.41. The molecular formula is C26H31FN4O. The van der Waals surface area contributed by atoms with Gasteiger partial charge in [0.05, 0.1) is 12.1 Å². The maximum absolute atomic E-state index is 13.6. The summed E-state index contributed by atoms with van der Waals surface area (Å²) in [5.41, 5.74) is 5.82. The van der Waals surface area contributed by atoms with E-state index >= 15 is 0 Å². The summed E-state index contributed by atoms with van der Waals surface area (Å²) < 4.78 is 13.6. The number of benzene rings is 1. The number of hydrogen-bond acceptors (Lipinski definition) is 4. The summed E-state index contributed by atoms with van der Waals surface area (Å²) in [5, 5.41) is 0. The maximum Gasteiger partial charge on any atom is 0.256 e. The van der Waals surface area contributed by atoms with E-state index in [1.807, 2.05) is 15.9 Å². The highest BCUT2D eigenvalue weighted by atomic mass is 19.1. The summed E-state index contributed by atoms with van der Waals surface area (Å²) in [6.45, 7) is 4.64. The van der Waals surface area contributed by atoms with E-state index in [-0.39, 0.29) is 5.91 Å². The normalized spacial score (nSPS) is 23.8. The van der Waals surface area contributed by atoms with Gasteiger partial charge in [-0.25, -0.2) is 9.37 Å². The first-order valence-electron chi connectivity index (χ1n) is 12.2. The molecule has 1 amide bonds. The topological polar surface area (TPSA) is 39.7 Å². The first-order chi connectivity index (χ1) is 15.6. The SMILES string of the molecule is O=C1c2cnc(N3CCC(F)C3)cc2CN1Cc1ccc2c(c1)CCN(C1CCC1)CC2. The van der Waals surface area contributed by atoms with Crippen LogP contribution in [0.4, 0.5) is 10.2 Å². The highest BCUT2D eigenvalue weighted by molar-refractivity contribution is 5.98. The van der Waals surface area contributed by atoms with E-state index in [1.54, 1.807) is 6.20 Å². The number of nitrogens with zero attached hydrogens (tertiary/aromatic N) is 4. The number of carbonyl (C=O) groups is 1. The van der Waals surface area contributed by atoms with Crippen LogP contribution in [0.3, 0.4) is 0 Å². The van der Waals surface area contributed by atoms with Gasteiger partial charge in [0.1, 0.15) is 12.0 Å². The highest BCUT2D eigenvalue weighted by Crippen LogP contribution is 2.30. The van der Waals surface area contributed by atoms with Gasteiger partial charge in [-0.1, -0.05) is 24.6 Å². The second-order valence-corrected chi connectivity index (χ2v) is 9.92. The van der Waals surface area contributed by atoms with Crippen LogP contribution in [0.25, 0.3) is 0 Å². The second-order valence-electron chi connectivity index (χ2n) is 9.92. The lowest BCUT2D eigenvalue weighted by atomic mass is 9.91. The van der Waals surface area contributed by atoms with Crippen molar-refractivity contribution >= 4 is 11.7 Å². The van der Waals surface area contributed by atoms with Crippen molar-refractivity contribution in [3.63, 3.8) is 0 Å². The summed E-state index contributed by atoms with van der Waals surface area (Å²) in [6, 6.07) is 9.59. The molecular weight excluding hydrogens is 403 g/mol. The van der Waals surface area contributed by atoms with E-state index in [2.05, 4.69) is 28.1 Å². The van der Waals surface area contributed by atoms with Gasteiger partial charge in [0, 0.05) is 45.0 Å². The summed E-state index contributed by atoms with van der Waals surface area (Å²) in [4.78, 5) is 24.0. The average molecular weight is 435 g/mol. The minimum absolute atomic E-state index is 0.0509. The summed E-state index contributed by atoms with van der Waals surface area (Å²) in [5.74, 6) is 0.842. The van der Waals surface area contributed by atoms with Crippen LogP contribution in [0.2, 0.25) is 0 Å². The summed E-state index contributed by atoms with van der Waals surface area (Å²) in [7, 11) is 0. The van der Waals surface area contributed by atoms with Gasteiger partial charge in [-0.2, -0.15) is 0 Å². The lowest BCUT2D eigenvalue weighted by molar-refractivity contribution is 0.0766. The first-order valence-corrected chi connectivity index (χ1v) is 12.2. The molecule has 5 nitrogen and oxygen atoms in total. The van der Waals surface area contributed by atoms with Crippen molar-refractivity contribution in [3.8, 4) is 0 Å². The fourth-order valence-corrected chi connectivity index (χ4v) is 5.71. The molecule has 4 aliphatic rings. The number of amides is 1. The Morgan fingerprint density at radius 3 is 2.59 bits per heavy atom. The number of carbonyl (C=O) groups excluding carboxylic acids is 1. The zero-order valence-corrected chi connectivity index (χ0v) is 18.6. The molecule has 0 radical (unpaired) electrons. The smallest absolute Gasteiger partial charge is 0.256 e. The Balaban J connectivity index is 1.15. The predicted octanol–water partition coefficient (Wildman–Crippen LogP) is 3.74. The van der Waals surface area contributed by atoms with Crippen LogP contribution in [-0.4, -0.2) is 59.1 Å². The maximum atomic E-state index is 13.6. The molecule has 0 bridgehead atoms. The number of halogens is 1. The summed E-state index contributed by atoms with van der Waals surface area (Å²) >= 11 is 0. The van der Waals surface area contributed by atoms with Gasteiger partial charge >= 0.3 is 0 Å². The monoisotopic (exact) mass is 434 g/mol. The molecule has 6 rings (SSSR count). The molecule has 1 aromatic carbocycles. The van der Waals surface area contributed by atoms with Gasteiger partial charge in [0.2, 0.25) is 0 Å². The van der Waals surface area contributed by atoms with Crippen molar-refractivity contribution in [2.75, 3.05) is 31.1 Å². The number of anilines is 1. The van der Waals surface area contributed by atoms with Gasteiger partial charge in [-0.3, -0.25) is 9.69 Å². The molecule has 4 heterocycles. The Morgan fingerprint density at radius 2 is 1.84 bits per heavy atom. The zero-order valence-electron chi connectivity index (χ0n) is 18.6. The lowest BCUT2D eigenvalue weighted by Gasteiger charge is -2.36. The number of hydrogen-bond donors (Lipinski definition) is 0. The van der Waals surface area contributed by atoms with Crippen LogP contribution >= 0.6 is 0 Å². The molecule has 168 valence electrons. The first kappa shape index (κ1) is 20.2. The molecule has 2 fully saturated rings. The van der Waals surface area contributed by atoms with Crippen molar-refractivity contribution in [3.05, 3.63) is 58.3 Å². The number of alkyl halides is 1. The van der Waals surface area contributed by atoms with Crippen LogP contribution in [-0.2, 0) is 25.9 Å². The van der Waals surface area contributed by atoms with E-state index in [1.165, 1.54) is 42.5 Å². The molecule has 32 heavy (non-hydrogen) atoms. The van der Waals surface area contributed by atoms with Crippen LogP contribution in [0, 0.1) is 0 Å². The van der Waals surface area contributed by atoms with Crippen LogP contribution in [0.1, 0.15) is 58.3 Å². The second kappa shape index (κ2) is 8.14. The average Bonchev–Trinajstić information content (AvgIpc) is 3.25. The third kappa shape index (κ3) is 3.68. The fraction of sp³-hybridized carbons (Fsp3) is 0.538. The van der Waals surface area contributed by atoms with Gasteiger partial charge in [0.15, 0.2) is 0 Å². The molecule has 1 aromatic heterocycles. The summed E-state index contributed by atoms with van der Waals surface area (Å²) in [6.07, 6.45) is 7.81. The molecule has 1 aliphatic carbocycles. The number of aromatic nitrogens is 1. The van der Waals surface area contributed by atoms with Crippen LogP contribution in [0.5, 0.6) is 0 Å². The molecule has 6 heteroatoms. The van der Waals surface area contributed by atoms with Crippen LogP contribution in [0.15, 0.2) is 30.5 Å². The molecule has 0 N–H and O–H groups in total. The molecule has 2 aromatic rings. The van der Waals surface area contributed by atoms with E-state index < -0.39 is 6.17 Å². The Labute approximate surface area is 189 Å². The standard InChI is InChI=1S/C26H31FN4O/c27-22-8-11-30(17-22)25-13-21-16-31(26(32)24(21)14-28-25)15-18-4-5-19-6-9-29(23-2-1-3-23)10-7-20(19)12-18/h4-5,12-14,22-23H,1-3,6-11,15-17H2. The number of pyridine rings is 1. The molecule has 3 aliphatic heterocycles. The third-order valence-corrected chi connectivity index (χ3v) is 7.88.